The number of nitrogens with zero attached hydrogens (tertiary/aromatic N) is 2. The van der Waals surface area contributed by atoms with Gasteiger partial charge in [-0.05, 0) is 17.2 Å². The summed E-state index contributed by atoms with van der Waals surface area (Å²) in [6, 6.07) is 14.0. The van der Waals surface area contributed by atoms with Gasteiger partial charge < -0.3 is 10.1 Å². The predicted molar refractivity (Wildman–Crippen MR) is 76.7 cm³/mol. The SMILES string of the molecule is COCc1ccccc1CNCc1cccnc1C#N. The smallest absolute Gasteiger partial charge is 0.144 e. The summed E-state index contributed by atoms with van der Waals surface area (Å²) in [6.45, 7) is 1.96. The van der Waals surface area contributed by atoms with E-state index < -0.39 is 0 Å². The van der Waals surface area contributed by atoms with Crippen LogP contribution in [0, 0.1) is 11.3 Å². The summed E-state index contributed by atoms with van der Waals surface area (Å²) < 4.78 is 5.19. The highest BCUT2D eigenvalue weighted by Gasteiger charge is 2.04. The predicted octanol–water partition coefficient (Wildman–Crippen LogP) is 2.39. The van der Waals surface area contributed by atoms with Gasteiger partial charge in [0, 0.05) is 32.0 Å². The van der Waals surface area contributed by atoms with Crippen LogP contribution >= 0.6 is 0 Å². The zero-order valence-electron chi connectivity index (χ0n) is 11.5. The van der Waals surface area contributed by atoms with Gasteiger partial charge in [-0.15, -0.1) is 0 Å². The molecule has 2 rings (SSSR count). The van der Waals surface area contributed by atoms with Gasteiger partial charge in [-0.1, -0.05) is 30.3 Å². The van der Waals surface area contributed by atoms with Gasteiger partial charge in [0.2, 0.25) is 0 Å². The fourth-order valence-electron chi connectivity index (χ4n) is 2.04. The summed E-state index contributed by atoms with van der Waals surface area (Å²) in [4.78, 5) is 4.05. The largest absolute Gasteiger partial charge is 0.380 e. The van der Waals surface area contributed by atoms with Crippen LogP contribution in [0.5, 0.6) is 0 Å². The molecule has 1 N–H and O–H groups in total. The monoisotopic (exact) mass is 267 g/mol. The Kier molecular flexibility index (Phi) is 5.24. The number of nitriles is 1. The van der Waals surface area contributed by atoms with E-state index in [4.69, 9.17) is 10.00 Å². The molecule has 0 aliphatic heterocycles. The second-order valence-electron chi connectivity index (χ2n) is 4.43. The molecule has 4 heteroatoms. The average Bonchev–Trinajstić information content (AvgIpc) is 2.50. The highest BCUT2D eigenvalue weighted by atomic mass is 16.5. The molecule has 4 nitrogen and oxygen atoms in total. The van der Waals surface area contributed by atoms with Gasteiger partial charge in [-0.3, -0.25) is 0 Å². The van der Waals surface area contributed by atoms with Crippen molar-refractivity contribution in [2.24, 2.45) is 0 Å². The van der Waals surface area contributed by atoms with Crippen molar-refractivity contribution >= 4 is 0 Å². The molecule has 0 aliphatic rings. The fourth-order valence-corrected chi connectivity index (χ4v) is 2.04. The molecule has 0 saturated carbocycles. The molecular weight excluding hydrogens is 250 g/mol. The van der Waals surface area contributed by atoms with Gasteiger partial charge in [-0.25, -0.2) is 4.98 Å². The summed E-state index contributed by atoms with van der Waals surface area (Å²) in [7, 11) is 1.69. The van der Waals surface area contributed by atoms with Crippen molar-refractivity contribution in [3.63, 3.8) is 0 Å². The van der Waals surface area contributed by atoms with Crippen molar-refractivity contribution in [2.45, 2.75) is 19.7 Å². The van der Waals surface area contributed by atoms with Crippen molar-refractivity contribution < 1.29 is 4.74 Å². The highest BCUT2D eigenvalue weighted by Crippen LogP contribution is 2.10. The van der Waals surface area contributed by atoms with Gasteiger partial charge in [-0.2, -0.15) is 5.26 Å². The Labute approximate surface area is 119 Å². The molecule has 20 heavy (non-hydrogen) atoms. The maximum Gasteiger partial charge on any atom is 0.144 e. The standard InChI is InChI=1S/C16H17N3O/c1-20-12-15-6-3-2-5-13(15)10-18-11-14-7-4-8-19-16(14)9-17/h2-8,18H,10-12H2,1H3. The van der Waals surface area contributed by atoms with E-state index in [0.29, 0.717) is 18.8 Å². The highest BCUT2D eigenvalue weighted by molar-refractivity contribution is 5.31. The van der Waals surface area contributed by atoms with Crippen LogP contribution in [0.25, 0.3) is 0 Å². The Morgan fingerprint density at radius 1 is 1.10 bits per heavy atom. The van der Waals surface area contributed by atoms with Crippen LogP contribution in [-0.2, 0) is 24.4 Å². The van der Waals surface area contributed by atoms with Crippen molar-refractivity contribution in [1.29, 1.82) is 5.26 Å². The third-order valence-corrected chi connectivity index (χ3v) is 3.05. The van der Waals surface area contributed by atoms with Crippen LogP contribution in [0.4, 0.5) is 0 Å². The number of hydrogen-bond donors (Lipinski definition) is 1. The Balaban J connectivity index is 1.98. The Hall–Kier alpha value is -2.22. The Morgan fingerprint density at radius 3 is 2.55 bits per heavy atom. The molecule has 1 aromatic carbocycles. The van der Waals surface area contributed by atoms with Gasteiger partial charge in [0.25, 0.3) is 0 Å². The molecule has 2 aromatic rings. The number of rotatable bonds is 6. The summed E-state index contributed by atoms with van der Waals surface area (Å²) in [5.74, 6) is 0. The van der Waals surface area contributed by atoms with E-state index in [1.807, 2.05) is 24.3 Å². The molecule has 102 valence electrons. The van der Waals surface area contributed by atoms with E-state index in [1.54, 1.807) is 13.3 Å². The van der Waals surface area contributed by atoms with Crippen molar-refractivity contribution in [3.8, 4) is 6.07 Å². The first-order chi connectivity index (χ1) is 9.85. The summed E-state index contributed by atoms with van der Waals surface area (Å²) >= 11 is 0. The molecule has 0 radical (unpaired) electrons. The molecule has 0 saturated heterocycles. The van der Waals surface area contributed by atoms with Crippen molar-refractivity contribution in [2.75, 3.05) is 7.11 Å². The minimum atomic E-state index is 0.477. The summed E-state index contributed by atoms with van der Waals surface area (Å²) in [5, 5.41) is 12.3. The number of methoxy groups -OCH3 is 1. The molecule has 0 spiro atoms. The van der Waals surface area contributed by atoms with Crippen LogP contribution in [0.15, 0.2) is 42.6 Å². The lowest BCUT2D eigenvalue weighted by Crippen LogP contribution is -2.15. The second kappa shape index (κ2) is 7.39. The van der Waals surface area contributed by atoms with E-state index in [-0.39, 0.29) is 0 Å². The van der Waals surface area contributed by atoms with Gasteiger partial charge >= 0.3 is 0 Å². The number of pyridine rings is 1. The number of nitrogens with one attached hydrogen (secondary N) is 1. The van der Waals surface area contributed by atoms with Crippen molar-refractivity contribution in [1.82, 2.24) is 10.3 Å². The maximum atomic E-state index is 8.99. The quantitative estimate of drug-likeness (QED) is 0.873. The third-order valence-electron chi connectivity index (χ3n) is 3.05. The lowest BCUT2D eigenvalue weighted by atomic mass is 10.1. The van der Waals surface area contributed by atoms with E-state index in [0.717, 1.165) is 12.1 Å². The molecule has 0 fully saturated rings. The molecule has 0 bridgehead atoms. The lowest BCUT2D eigenvalue weighted by Gasteiger charge is -2.10. The lowest BCUT2D eigenvalue weighted by molar-refractivity contribution is 0.184. The van der Waals surface area contributed by atoms with Gasteiger partial charge in [0.1, 0.15) is 11.8 Å². The average molecular weight is 267 g/mol. The van der Waals surface area contributed by atoms with Crippen LogP contribution in [0.2, 0.25) is 0 Å². The second-order valence-corrected chi connectivity index (χ2v) is 4.43. The summed E-state index contributed by atoms with van der Waals surface area (Å²) in [6.07, 6.45) is 1.63. The molecule has 1 aromatic heterocycles. The van der Waals surface area contributed by atoms with Crippen LogP contribution in [0.1, 0.15) is 22.4 Å². The molecule has 0 amide bonds. The summed E-state index contributed by atoms with van der Waals surface area (Å²) in [5.41, 5.74) is 3.77. The number of benzene rings is 1. The maximum absolute atomic E-state index is 8.99. The Morgan fingerprint density at radius 2 is 1.80 bits per heavy atom. The minimum Gasteiger partial charge on any atom is -0.380 e. The minimum absolute atomic E-state index is 0.477. The molecule has 0 atom stereocenters. The molecule has 1 heterocycles. The van der Waals surface area contributed by atoms with E-state index in [9.17, 15) is 0 Å². The Bertz CT molecular complexity index is 605. The first kappa shape index (κ1) is 14.2. The number of ether oxygens (including phenoxy) is 1. The van der Waals surface area contributed by atoms with Crippen LogP contribution in [0.3, 0.4) is 0 Å². The fraction of sp³-hybridized carbons (Fsp3) is 0.250. The number of hydrogen-bond acceptors (Lipinski definition) is 4. The first-order valence-electron chi connectivity index (χ1n) is 6.45. The topological polar surface area (TPSA) is 57.9 Å². The molecule has 0 aliphatic carbocycles. The number of aromatic nitrogens is 1. The van der Waals surface area contributed by atoms with Crippen molar-refractivity contribution in [3.05, 3.63) is 65.0 Å². The third kappa shape index (κ3) is 3.64. The first-order valence-corrected chi connectivity index (χ1v) is 6.45. The van der Waals surface area contributed by atoms with E-state index >= 15 is 0 Å². The van der Waals surface area contributed by atoms with E-state index in [1.165, 1.54) is 11.1 Å². The van der Waals surface area contributed by atoms with Crippen LogP contribution in [-0.4, -0.2) is 12.1 Å². The molecule has 0 unspecified atom stereocenters. The zero-order valence-corrected chi connectivity index (χ0v) is 11.5. The van der Waals surface area contributed by atoms with E-state index in [2.05, 4.69) is 28.5 Å². The van der Waals surface area contributed by atoms with Gasteiger partial charge in [0.05, 0.1) is 6.61 Å². The van der Waals surface area contributed by atoms with Gasteiger partial charge in [0.15, 0.2) is 0 Å². The van der Waals surface area contributed by atoms with Crippen LogP contribution < -0.4 is 5.32 Å². The zero-order chi connectivity index (χ0) is 14.2. The molecular formula is C16H17N3O. The normalized spacial score (nSPS) is 10.2.